The van der Waals surface area contributed by atoms with Crippen molar-refractivity contribution in [2.75, 3.05) is 5.32 Å². The SMILES string of the molecule is CC(C)c1c(C2CC(F)(F)C2)nn(C)c1NC(=O)OC1CC(F)C1. The molecule has 134 valence electrons. The molecular formula is C16H22F3N3O2. The summed E-state index contributed by atoms with van der Waals surface area (Å²) in [5.41, 5.74) is 1.37. The van der Waals surface area contributed by atoms with E-state index in [1.807, 2.05) is 13.8 Å². The molecule has 5 nitrogen and oxygen atoms in total. The first kappa shape index (κ1) is 17.1. The topological polar surface area (TPSA) is 56.2 Å². The number of nitrogens with one attached hydrogen (secondary N) is 1. The lowest BCUT2D eigenvalue weighted by atomic mass is 9.77. The first-order valence-corrected chi connectivity index (χ1v) is 8.22. The zero-order chi connectivity index (χ0) is 17.6. The van der Waals surface area contributed by atoms with Gasteiger partial charge in [0.2, 0.25) is 5.92 Å². The molecule has 0 aliphatic heterocycles. The van der Waals surface area contributed by atoms with E-state index in [1.165, 1.54) is 4.68 Å². The predicted octanol–water partition coefficient (Wildman–Crippen LogP) is 4.11. The Kier molecular flexibility index (Phi) is 4.25. The molecule has 0 atom stereocenters. The standard InChI is InChI=1S/C16H22F3N3O2/c1-8(2)12-13(9-6-16(18,19)7-9)21-22(3)14(12)20-15(23)24-11-4-10(17)5-11/h8-11H,4-7H2,1-3H3,(H,20,23). The lowest BCUT2D eigenvalue weighted by Crippen LogP contribution is -2.36. The molecule has 3 rings (SSSR count). The number of aromatic nitrogens is 2. The van der Waals surface area contributed by atoms with E-state index in [2.05, 4.69) is 10.4 Å². The van der Waals surface area contributed by atoms with Gasteiger partial charge in [0.25, 0.3) is 0 Å². The van der Waals surface area contributed by atoms with Crippen molar-refractivity contribution in [1.82, 2.24) is 9.78 Å². The van der Waals surface area contributed by atoms with Crippen molar-refractivity contribution in [3.8, 4) is 0 Å². The first-order valence-electron chi connectivity index (χ1n) is 8.22. The summed E-state index contributed by atoms with van der Waals surface area (Å²) in [6.45, 7) is 3.85. The van der Waals surface area contributed by atoms with Crippen LogP contribution in [0.2, 0.25) is 0 Å². The molecular weight excluding hydrogens is 323 g/mol. The van der Waals surface area contributed by atoms with Crippen LogP contribution in [0.3, 0.4) is 0 Å². The van der Waals surface area contributed by atoms with Crippen LogP contribution in [0.5, 0.6) is 0 Å². The largest absolute Gasteiger partial charge is 0.446 e. The maximum absolute atomic E-state index is 13.2. The number of ether oxygens (including phenoxy) is 1. The van der Waals surface area contributed by atoms with Crippen LogP contribution >= 0.6 is 0 Å². The number of alkyl halides is 3. The lowest BCUT2D eigenvalue weighted by Gasteiger charge is -2.34. The summed E-state index contributed by atoms with van der Waals surface area (Å²) in [7, 11) is 1.66. The summed E-state index contributed by atoms with van der Waals surface area (Å²) in [5.74, 6) is -2.46. The fourth-order valence-corrected chi connectivity index (χ4v) is 3.31. The summed E-state index contributed by atoms with van der Waals surface area (Å²) in [4.78, 5) is 12.0. The van der Waals surface area contributed by atoms with Crippen molar-refractivity contribution in [3.63, 3.8) is 0 Å². The molecule has 8 heteroatoms. The van der Waals surface area contributed by atoms with E-state index in [-0.39, 0.29) is 37.5 Å². The van der Waals surface area contributed by atoms with Crippen molar-refractivity contribution < 1.29 is 22.7 Å². The van der Waals surface area contributed by atoms with Gasteiger partial charge < -0.3 is 4.74 Å². The molecule has 0 spiro atoms. The molecule has 24 heavy (non-hydrogen) atoms. The Morgan fingerprint density at radius 2 is 2.00 bits per heavy atom. The van der Waals surface area contributed by atoms with Gasteiger partial charge in [-0.05, 0) is 5.92 Å². The average molecular weight is 345 g/mol. The molecule has 0 saturated heterocycles. The highest BCUT2D eigenvalue weighted by atomic mass is 19.3. The zero-order valence-corrected chi connectivity index (χ0v) is 14.0. The van der Waals surface area contributed by atoms with E-state index in [4.69, 9.17) is 4.74 Å². The lowest BCUT2D eigenvalue weighted by molar-refractivity contribution is -0.0878. The molecule has 2 aliphatic rings. The van der Waals surface area contributed by atoms with E-state index >= 15 is 0 Å². The van der Waals surface area contributed by atoms with E-state index in [1.54, 1.807) is 7.05 Å². The van der Waals surface area contributed by atoms with Gasteiger partial charge in [-0.2, -0.15) is 5.10 Å². The fraction of sp³-hybridized carbons (Fsp3) is 0.750. The second kappa shape index (κ2) is 5.97. The van der Waals surface area contributed by atoms with Gasteiger partial charge >= 0.3 is 6.09 Å². The minimum absolute atomic E-state index is 0.0112. The van der Waals surface area contributed by atoms with Crippen LogP contribution in [-0.2, 0) is 11.8 Å². The van der Waals surface area contributed by atoms with Gasteiger partial charge in [0.1, 0.15) is 18.1 Å². The van der Waals surface area contributed by atoms with Crippen LogP contribution in [0, 0.1) is 0 Å². The highest BCUT2D eigenvalue weighted by molar-refractivity contribution is 5.85. The Morgan fingerprint density at radius 1 is 1.38 bits per heavy atom. The molecule has 2 saturated carbocycles. The van der Waals surface area contributed by atoms with E-state index in [0.717, 1.165) is 5.56 Å². The second-order valence-corrected chi connectivity index (χ2v) is 7.11. The summed E-state index contributed by atoms with van der Waals surface area (Å²) >= 11 is 0. The van der Waals surface area contributed by atoms with Crippen LogP contribution in [0.15, 0.2) is 0 Å². The van der Waals surface area contributed by atoms with E-state index in [0.29, 0.717) is 11.5 Å². The third-order valence-electron chi connectivity index (χ3n) is 4.70. The third kappa shape index (κ3) is 3.23. The van der Waals surface area contributed by atoms with Crippen molar-refractivity contribution in [1.29, 1.82) is 0 Å². The number of hydrogen-bond donors (Lipinski definition) is 1. The number of carbonyl (C=O) groups excluding carboxylic acids is 1. The van der Waals surface area contributed by atoms with Gasteiger partial charge in [-0.1, -0.05) is 13.8 Å². The number of amides is 1. The number of nitrogens with zero attached hydrogens (tertiary/aromatic N) is 2. The monoisotopic (exact) mass is 345 g/mol. The van der Waals surface area contributed by atoms with Crippen molar-refractivity contribution >= 4 is 11.9 Å². The second-order valence-electron chi connectivity index (χ2n) is 7.11. The van der Waals surface area contributed by atoms with Gasteiger partial charge in [-0.25, -0.2) is 18.0 Å². The molecule has 2 aliphatic carbocycles. The van der Waals surface area contributed by atoms with Crippen LogP contribution in [-0.4, -0.2) is 34.1 Å². The summed E-state index contributed by atoms with van der Waals surface area (Å²) in [6.07, 6.45) is -1.96. The smallest absolute Gasteiger partial charge is 0.413 e. The Bertz CT molecular complexity index is 631. The minimum atomic E-state index is -2.63. The van der Waals surface area contributed by atoms with Crippen molar-refractivity contribution in [3.05, 3.63) is 11.3 Å². The Morgan fingerprint density at radius 3 is 2.50 bits per heavy atom. The number of carbonyl (C=O) groups is 1. The molecule has 0 aromatic carbocycles. The van der Waals surface area contributed by atoms with Gasteiger partial charge in [0, 0.05) is 44.2 Å². The fourth-order valence-electron chi connectivity index (χ4n) is 3.31. The summed E-state index contributed by atoms with van der Waals surface area (Å²) < 4.78 is 45.8. The molecule has 1 N–H and O–H groups in total. The van der Waals surface area contributed by atoms with Crippen LogP contribution in [0.4, 0.5) is 23.8 Å². The maximum atomic E-state index is 13.2. The molecule has 1 heterocycles. The molecule has 1 aromatic heterocycles. The van der Waals surface area contributed by atoms with Gasteiger partial charge in [-0.3, -0.25) is 10.00 Å². The molecule has 1 aromatic rings. The molecule has 1 amide bonds. The summed E-state index contributed by atoms with van der Waals surface area (Å²) in [5, 5.41) is 7.00. The number of anilines is 1. The maximum Gasteiger partial charge on any atom is 0.413 e. The number of aryl methyl sites for hydroxylation is 1. The first-order chi connectivity index (χ1) is 11.2. The molecule has 2 fully saturated rings. The van der Waals surface area contributed by atoms with Crippen LogP contribution < -0.4 is 5.32 Å². The highest BCUT2D eigenvalue weighted by Gasteiger charge is 2.48. The van der Waals surface area contributed by atoms with Gasteiger partial charge in [0.05, 0.1) is 5.69 Å². The van der Waals surface area contributed by atoms with E-state index in [9.17, 15) is 18.0 Å². The van der Waals surface area contributed by atoms with Crippen LogP contribution in [0.1, 0.15) is 62.6 Å². The predicted molar refractivity (Wildman–Crippen MR) is 82.2 cm³/mol. The van der Waals surface area contributed by atoms with Crippen molar-refractivity contribution in [2.45, 2.75) is 69.6 Å². The zero-order valence-electron chi connectivity index (χ0n) is 14.0. The van der Waals surface area contributed by atoms with Crippen LogP contribution in [0.25, 0.3) is 0 Å². The Balaban J connectivity index is 1.74. The molecule has 0 unspecified atom stereocenters. The Labute approximate surface area is 138 Å². The van der Waals surface area contributed by atoms with Gasteiger partial charge in [-0.15, -0.1) is 0 Å². The number of halogens is 3. The summed E-state index contributed by atoms with van der Waals surface area (Å²) in [6, 6.07) is 0. The van der Waals surface area contributed by atoms with Crippen molar-refractivity contribution in [2.24, 2.45) is 7.05 Å². The molecule has 0 bridgehead atoms. The average Bonchev–Trinajstić information content (AvgIpc) is 2.71. The minimum Gasteiger partial charge on any atom is -0.446 e. The normalized spacial score (nSPS) is 26.0. The quantitative estimate of drug-likeness (QED) is 0.894. The molecule has 0 radical (unpaired) electrons. The van der Waals surface area contributed by atoms with E-state index < -0.39 is 24.3 Å². The number of hydrogen-bond acceptors (Lipinski definition) is 3. The number of rotatable bonds is 4. The Hall–Kier alpha value is -1.73. The highest BCUT2D eigenvalue weighted by Crippen LogP contribution is 2.50. The third-order valence-corrected chi connectivity index (χ3v) is 4.70. The van der Waals surface area contributed by atoms with Gasteiger partial charge in [0.15, 0.2) is 0 Å².